The molecule has 0 saturated heterocycles. The maximum absolute atomic E-state index is 9.63. The van der Waals surface area contributed by atoms with Gasteiger partial charge in [-0.25, -0.2) is 4.98 Å². The zero-order valence-corrected chi connectivity index (χ0v) is 20.4. The van der Waals surface area contributed by atoms with E-state index >= 15 is 0 Å². The van der Waals surface area contributed by atoms with Crippen LogP contribution < -0.4 is 4.74 Å². The molecule has 3 aromatic carbocycles. The number of hydrogen-bond acceptors (Lipinski definition) is 4. The number of allylic oxidation sites excluding steroid dienone is 1. The minimum atomic E-state index is 0.272. The number of ether oxygens (including phenoxy) is 1. The van der Waals surface area contributed by atoms with Crippen LogP contribution in [0.25, 0.3) is 22.7 Å². The van der Waals surface area contributed by atoms with Crippen LogP contribution in [-0.4, -0.2) is 4.98 Å². The van der Waals surface area contributed by atoms with E-state index in [4.69, 9.17) is 32.4 Å². The summed E-state index contributed by atoms with van der Waals surface area (Å²) < 4.78 is 13.1. The van der Waals surface area contributed by atoms with E-state index in [9.17, 15) is 5.26 Å². The summed E-state index contributed by atoms with van der Waals surface area (Å²) in [6, 6.07) is 18.5. The van der Waals surface area contributed by atoms with Crippen molar-refractivity contribution in [3.05, 3.63) is 90.6 Å². The molecule has 0 atom stereocenters. The van der Waals surface area contributed by atoms with Crippen molar-refractivity contribution < 1.29 is 9.15 Å². The van der Waals surface area contributed by atoms with Gasteiger partial charge in [0.15, 0.2) is 5.58 Å². The minimum absolute atomic E-state index is 0.272. The van der Waals surface area contributed by atoms with Crippen LogP contribution in [0.15, 0.2) is 68.0 Å². The van der Waals surface area contributed by atoms with Gasteiger partial charge < -0.3 is 9.15 Å². The summed E-state index contributed by atoms with van der Waals surface area (Å²) in [5, 5.41) is 10.7. The molecule has 0 amide bonds. The Labute approximate surface area is 205 Å². The summed E-state index contributed by atoms with van der Waals surface area (Å²) in [6.07, 6.45) is 1.71. The molecule has 0 unspecified atom stereocenters. The van der Waals surface area contributed by atoms with Crippen molar-refractivity contribution in [2.75, 3.05) is 0 Å². The zero-order valence-electron chi connectivity index (χ0n) is 15.7. The minimum Gasteiger partial charge on any atom is -0.486 e. The molecule has 4 rings (SSSR count). The van der Waals surface area contributed by atoms with Gasteiger partial charge in [0.2, 0.25) is 5.89 Å². The van der Waals surface area contributed by atoms with Crippen LogP contribution in [0.5, 0.6) is 5.75 Å². The van der Waals surface area contributed by atoms with Gasteiger partial charge in [-0.05, 0) is 79.9 Å². The standard InChI is InChI=1S/C23H12Br2Cl2N2O2/c24-17-8-13(7-15(11-28)23-29-20-3-1-2-4-21(20)31-23)9-18(25)22(17)30-12-14-5-6-16(26)10-19(14)27/h1-10H,12H2/b15-7+. The van der Waals surface area contributed by atoms with Crippen molar-refractivity contribution >= 4 is 77.8 Å². The Balaban J connectivity index is 1.60. The van der Waals surface area contributed by atoms with Gasteiger partial charge in [0.1, 0.15) is 29.5 Å². The molecule has 0 fully saturated rings. The predicted octanol–water partition coefficient (Wildman–Crippen LogP) is 8.30. The monoisotopic (exact) mass is 576 g/mol. The van der Waals surface area contributed by atoms with Crippen LogP contribution in [0.3, 0.4) is 0 Å². The van der Waals surface area contributed by atoms with Gasteiger partial charge >= 0.3 is 0 Å². The second-order valence-electron chi connectivity index (χ2n) is 6.49. The van der Waals surface area contributed by atoms with Gasteiger partial charge in [-0.1, -0.05) is 41.4 Å². The molecule has 0 N–H and O–H groups in total. The number of halogens is 4. The summed E-state index contributed by atoms with van der Waals surface area (Å²) in [5.74, 6) is 0.886. The van der Waals surface area contributed by atoms with Crippen molar-refractivity contribution in [1.29, 1.82) is 5.26 Å². The van der Waals surface area contributed by atoms with Gasteiger partial charge in [0.05, 0.1) is 8.95 Å². The smallest absolute Gasteiger partial charge is 0.238 e. The van der Waals surface area contributed by atoms with Crippen LogP contribution in [0.4, 0.5) is 0 Å². The van der Waals surface area contributed by atoms with Crippen LogP contribution >= 0.6 is 55.1 Å². The maximum Gasteiger partial charge on any atom is 0.238 e. The molecule has 0 bridgehead atoms. The first kappa shape index (κ1) is 21.9. The zero-order chi connectivity index (χ0) is 22.0. The van der Waals surface area contributed by atoms with Gasteiger partial charge in [-0.3, -0.25) is 0 Å². The first-order valence-electron chi connectivity index (χ1n) is 8.98. The lowest BCUT2D eigenvalue weighted by atomic mass is 10.1. The van der Waals surface area contributed by atoms with Crippen LogP contribution in [0.2, 0.25) is 10.0 Å². The highest BCUT2D eigenvalue weighted by molar-refractivity contribution is 9.11. The lowest BCUT2D eigenvalue weighted by molar-refractivity contribution is 0.302. The molecule has 0 radical (unpaired) electrons. The lowest BCUT2D eigenvalue weighted by Gasteiger charge is -2.12. The number of oxazole rings is 1. The van der Waals surface area contributed by atoms with E-state index in [1.54, 1.807) is 18.2 Å². The van der Waals surface area contributed by atoms with E-state index in [1.165, 1.54) is 0 Å². The van der Waals surface area contributed by atoms with Gasteiger partial charge in [0, 0.05) is 15.6 Å². The first-order chi connectivity index (χ1) is 14.9. The summed E-state index contributed by atoms with van der Waals surface area (Å²) in [5.41, 5.74) is 3.24. The summed E-state index contributed by atoms with van der Waals surface area (Å²) in [7, 11) is 0. The SMILES string of the molecule is N#C/C(=C\c1cc(Br)c(OCc2ccc(Cl)cc2Cl)c(Br)c1)c1nc2ccccc2o1. The highest BCUT2D eigenvalue weighted by atomic mass is 79.9. The second kappa shape index (κ2) is 9.46. The normalized spacial score (nSPS) is 11.5. The maximum atomic E-state index is 9.63. The molecule has 1 aromatic heterocycles. The quantitative estimate of drug-likeness (QED) is 0.223. The fraction of sp³-hybridized carbons (Fsp3) is 0.0435. The van der Waals surface area contributed by atoms with Gasteiger partial charge in [-0.15, -0.1) is 0 Å². The molecule has 8 heteroatoms. The molecule has 0 spiro atoms. The van der Waals surface area contributed by atoms with Gasteiger partial charge in [0.25, 0.3) is 0 Å². The molecule has 4 nitrogen and oxygen atoms in total. The first-order valence-corrected chi connectivity index (χ1v) is 11.3. The predicted molar refractivity (Wildman–Crippen MR) is 130 cm³/mol. The molecule has 4 aromatic rings. The van der Waals surface area contributed by atoms with E-state index in [-0.39, 0.29) is 12.5 Å². The molecular weight excluding hydrogens is 567 g/mol. The third kappa shape index (κ3) is 4.97. The number of nitriles is 1. The average Bonchev–Trinajstić information content (AvgIpc) is 3.16. The molecule has 0 aliphatic carbocycles. The van der Waals surface area contributed by atoms with E-state index in [0.29, 0.717) is 41.4 Å². The largest absolute Gasteiger partial charge is 0.486 e. The molecule has 1 heterocycles. The van der Waals surface area contributed by atoms with E-state index in [1.807, 2.05) is 42.5 Å². The fourth-order valence-corrected chi connectivity index (χ4v) is 4.80. The Hall–Kier alpha value is -2.30. The number of nitrogens with zero attached hydrogens (tertiary/aromatic N) is 2. The van der Waals surface area contributed by atoms with E-state index in [2.05, 4.69) is 42.9 Å². The highest BCUT2D eigenvalue weighted by Gasteiger charge is 2.14. The molecule has 0 aliphatic heterocycles. The summed E-state index contributed by atoms with van der Waals surface area (Å²) in [4.78, 5) is 4.39. The molecule has 31 heavy (non-hydrogen) atoms. The molecular formula is C23H12Br2Cl2N2O2. The highest BCUT2D eigenvalue weighted by Crippen LogP contribution is 2.37. The topological polar surface area (TPSA) is 59.0 Å². The average molecular weight is 579 g/mol. The third-order valence-electron chi connectivity index (χ3n) is 4.36. The Bertz CT molecular complexity index is 1300. The van der Waals surface area contributed by atoms with Crippen molar-refractivity contribution in [1.82, 2.24) is 4.98 Å². The van der Waals surface area contributed by atoms with Crippen LogP contribution in [0, 0.1) is 11.3 Å². The Morgan fingerprint density at radius 3 is 2.52 bits per heavy atom. The lowest BCUT2D eigenvalue weighted by Crippen LogP contribution is -1.98. The fourth-order valence-electron chi connectivity index (χ4n) is 2.89. The molecule has 154 valence electrons. The number of hydrogen-bond donors (Lipinski definition) is 0. The van der Waals surface area contributed by atoms with Crippen molar-refractivity contribution in [2.45, 2.75) is 6.61 Å². The summed E-state index contributed by atoms with van der Waals surface area (Å²) >= 11 is 19.2. The Kier molecular flexibility index (Phi) is 6.68. The second-order valence-corrected chi connectivity index (χ2v) is 9.05. The van der Waals surface area contributed by atoms with Crippen LogP contribution in [0.1, 0.15) is 17.0 Å². The number of para-hydroxylation sites is 2. The third-order valence-corrected chi connectivity index (χ3v) is 6.13. The van der Waals surface area contributed by atoms with Crippen molar-refractivity contribution in [3.8, 4) is 11.8 Å². The van der Waals surface area contributed by atoms with E-state index < -0.39 is 0 Å². The van der Waals surface area contributed by atoms with Crippen molar-refractivity contribution in [2.24, 2.45) is 0 Å². The Morgan fingerprint density at radius 2 is 1.84 bits per heavy atom. The number of rotatable bonds is 5. The molecule has 0 saturated carbocycles. The number of aromatic nitrogens is 1. The number of fused-ring (bicyclic) bond motifs is 1. The summed E-state index contributed by atoms with van der Waals surface area (Å²) in [6.45, 7) is 0.273. The molecule has 0 aliphatic rings. The van der Waals surface area contributed by atoms with Crippen LogP contribution in [-0.2, 0) is 6.61 Å². The van der Waals surface area contributed by atoms with Crippen molar-refractivity contribution in [3.63, 3.8) is 0 Å². The Morgan fingerprint density at radius 1 is 1.10 bits per heavy atom. The van der Waals surface area contributed by atoms with E-state index in [0.717, 1.165) is 11.1 Å². The number of benzene rings is 3. The van der Waals surface area contributed by atoms with Gasteiger partial charge in [-0.2, -0.15) is 5.26 Å².